The first-order valence-electron chi connectivity index (χ1n) is 7.27. The summed E-state index contributed by atoms with van der Waals surface area (Å²) in [5.41, 5.74) is 4.42. The van der Waals surface area contributed by atoms with Gasteiger partial charge in [-0.15, -0.1) is 5.48 Å². The van der Waals surface area contributed by atoms with Crippen LogP contribution in [0.2, 0.25) is 0 Å². The van der Waals surface area contributed by atoms with Gasteiger partial charge >= 0.3 is 11.9 Å². The predicted octanol–water partition coefficient (Wildman–Crippen LogP) is 2.78. The molecule has 1 aliphatic rings. The summed E-state index contributed by atoms with van der Waals surface area (Å²) in [6.45, 7) is 1.77. The fraction of sp³-hybridized carbons (Fsp3) is 0.500. The lowest BCUT2D eigenvalue weighted by Crippen LogP contribution is -2.33. The number of hydrogen-bond donors (Lipinski definition) is 1. The fourth-order valence-corrected chi connectivity index (χ4v) is 2.55. The second-order valence-corrected chi connectivity index (χ2v) is 5.36. The average molecular weight is 291 g/mol. The van der Waals surface area contributed by atoms with Crippen molar-refractivity contribution < 1.29 is 19.2 Å². The Kier molecular flexibility index (Phi) is 5.33. The maximum Gasteiger partial charge on any atom is 0.357 e. The first-order valence-corrected chi connectivity index (χ1v) is 7.27. The smallest absolute Gasteiger partial charge is 0.357 e. The Balaban J connectivity index is 1.97. The third-order valence-electron chi connectivity index (χ3n) is 3.79. The lowest BCUT2D eigenvalue weighted by Gasteiger charge is -2.21. The first kappa shape index (κ1) is 15.5. The Bertz CT molecular complexity index is 521. The molecule has 1 aromatic carbocycles. The Morgan fingerprint density at radius 1 is 1.14 bits per heavy atom. The zero-order valence-electron chi connectivity index (χ0n) is 12.5. The Hall–Kier alpha value is -1.88. The molecule has 5 heteroatoms. The summed E-state index contributed by atoms with van der Waals surface area (Å²) in [5.74, 6) is -0.840. The number of esters is 1. The van der Waals surface area contributed by atoms with Gasteiger partial charge in [-0.1, -0.05) is 19.3 Å². The highest BCUT2D eigenvalue weighted by atomic mass is 16.7. The van der Waals surface area contributed by atoms with E-state index in [1.165, 1.54) is 26.4 Å². The van der Waals surface area contributed by atoms with E-state index in [9.17, 15) is 9.59 Å². The third-order valence-corrected chi connectivity index (χ3v) is 3.79. The van der Waals surface area contributed by atoms with Crippen molar-refractivity contribution in [1.29, 1.82) is 0 Å². The number of ether oxygens (including phenoxy) is 1. The van der Waals surface area contributed by atoms with Gasteiger partial charge in [0.1, 0.15) is 0 Å². The molecule has 0 amide bonds. The monoisotopic (exact) mass is 291 g/mol. The highest BCUT2D eigenvalue weighted by Crippen LogP contribution is 2.18. The Morgan fingerprint density at radius 3 is 2.48 bits per heavy atom. The van der Waals surface area contributed by atoms with Gasteiger partial charge in [-0.2, -0.15) is 0 Å². The van der Waals surface area contributed by atoms with E-state index in [2.05, 4.69) is 10.2 Å². The number of rotatable bonds is 4. The quantitative estimate of drug-likeness (QED) is 0.682. The van der Waals surface area contributed by atoms with Crippen LogP contribution in [0.5, 0.6) is 0 Å². The molecule has 2 rings (SSSR count). The third kappa shape index (κ3) is 4.04. The van der Waals surface area contributed by atoms with Crippen molar-refractivity contribution in [2.75, 3.05) is 7.11 Å². The van der Waals surface area contributed by atoms with Crippen molar-refractivity contribution in [3.63, 3.8) is 0 Å². The van der Waals surface area contributed by atoms with Crippen molar-refractivity contribution in [3.8, 4) is 0 Å². The first-order chi connectivity index (χ1) is 10.1. The van der Waals surface area contributed by atoms with Crippen LogP contribution in [-0.4, -0.2) is 25.1 Å². The zero-order chi connectivity index (χ0) is 15.2. The molecule has 0 unspecified atom stereocenters. The SMILES string of the molecule is COC(=O)c1ccc(C(=O)ONC2CCCCC2)c(C)c1. The Labute approximate surface area is 124 Å². The van der Waals surface area contributed by atoms with Gasteiger partial charge < -0.3 is 9.57 Å². The standard InChI is InChI=1S/C16H21NO4/c1-11-10-12(15(18)20-2)8-9-14(11)16(19)21-17-13-6-4-3-5-7-13/h8-10,13,17H,3-7H2,1-2H3. The highest BCUT2D eigenvalue weighted by molar-refractivity contribution is 5.94. The van der Waals surface area contributed by atoms with Crippen LogP contribution in [0.15, 0.2) is 18.2 Å². The topological polar surface area (TPSA) is 64.6 Å². The molecule has 0 radical (unpaired) electrons. The van der Waals surface area contributed by atoms with E-state index in [4.69, 9.17) is 4.84 Å². The van der Waals surface area contributed by atoms with E-state index in [1.807, 2.05) is 0 Å². The minimum Gasteiger partial charge on any atom is -0.465 e. The number of aryl methyl sites for hydroxylation is 1. The molecule has 5 nitrogen and oxygen atoms in total. The molecule has 0 atom stereocenters. The summed E-state index contributed by atoms with van der Waals surface area (Å²) in [6.07, 6.45) is 5.66. The van der Waals surface area contributed by atoms with E-state index in [-0.39, 0.29) is 6.04 Å². The summed E-state index contributed by atoms with van der Waals surface area (Å²) < 4.78 is 4.65. The lowest BCUT2D eigenvalue weighted by atomic mass is 9.96. The molecule has 1 aromatic rings. The number of benzene rings is 1. The summed E-state index contributed by atoms with van der Waals surface area (Å²) in [6, 6.07) is 5.03. The minimum absolute atomic E-state index is 0.248. The molecule has 0 heterocycles. The number of hydrogen-bond acceptors (Lipinski definition) is 5. The number of hydroxylamine groups is 1. The second-order valence-electron chi connectivity index (χ2n) is 5.36. The van der Waals surface area contributed by atoms with Gasteiger partial charge in [-0.05, 0) is 43.5 Å². The van der Waals surface area contributed by atoms with Crippen LogP contribution in [0.4, 0.5) is 0 Å². The largest absolute Gasteiger partial charge is 0.465 e. The zero-order valence-corrected chi connectivity index (χ0v) is 12.5. The molecule has 0 aromatic heterocycles. The normalized spacial score (nSPS) is 15.5. The fourth-order valence-electron chi connectivity index (χ4n) is 2.55. The predicted molar refractivity (Wildman–Crippen MR) is 77.9 cm³/mol. The molecule has 1 fully saturated rings. The van der Waals surface area contributed by atoms with Crippen molar-refractivity contribution in [2.45, 2.75) is 45.1 Å². The summed E-state index contributed by atoms with van der Waals surface area (Å²) in [4.78, 5) is 28.7. The van der Waals surface area contributed by atoms with Gasteiger partial charge in [-0.25, -0.2) is 9.59 Å². The summed E-state index contributed by atoms with van der Waals surface area (Å²) in [5, 5.41) is 0. The van der Waals surface area contributed by atoms with Crippen LogP contribution in [-0.2, 0) is 9.57 Å². The highest BCUT2D eigenvalue weighted by Gasteiger charge is 2.17. The molecule has 21 heavy (non-hydrogen) atoms. The summed E-state index contributed by atoms with van der Waals surface area (Å²) in [7, 11) is 1.33. The molecule has 0 saturated heterocycles. The van der Waals surface area contributed by atoms with Crippen molar-refractivity contribution in [2.24, 2.45) is 0 Å². The average Bonchev–Trinajstić information content (AvgIpc) is 2.52. The number of methoxy groups -OCH3 is 1. The number of carbonyl (C=O) groups excluding carboxylic acids is 2. The van der Waals surface area contributed by atoms with Crippen molar-refractivity contribution in [3.05, 3.63) is 34.9 Å². The summed E-state index contributed by atoms with van der Waals surface area (Å²) >= 11 is 0. The van der Waals surface area contributed by atoms with Gasteiger partial charge in [0, 0.05) is 6.04 Å². The molecule has 1 aliphatic carbocycles. The van der Waals surface area contributed by atoms with Crippen LogP contribution < -0.4 is 5.48 Å². The van der Waals surface area contributed by atoms with Crippen LogP contribution in [0.25, 0.3) is 0 Å². The van der Waals surface area contributed by atoms with Gasteiger partial charge in [0.15, 0.2) is 0 Å². The molecular weight excluding hydrogens is 270 g/mol. The molecule has 1 N–H and O–H groups in total. The van der Waals surface area contributed by atoms with Gasteiger partial charge in [0.05, 0.1) is 18.2 Å². The maximum absolute atomic E-state index is 12.1. The van der Waals surface area contributed by atoms with Crippen molar-refractivity contribution >= 4 is 11.9 Å². The van der Waals surface area contributed by atoms with Gasteiger partial charge in [0.2, 0.25) is 0 Å². The van der Waals surface area contributed by atoms with E-state index < -0.39 is 11.9 Å². The van der Waals surface area contributed by atoms with E-state index in [0.717, 1.165) is 12.8 Å². The van der Waals surface area contributed by atoms with Gasteiger partial charge in [-0.3, -0.25) is 0 Å². The molecule has 0 aliphatic heterocycles. The van der Waals surface area contributed by atoms with E-state index in [1.54, 1.807) is 25.1 Å². The number of carbonyl (C=O) groups is 2. The van der Waals surface area contributed by atoms with Crippen LogP contribution >= 0.6 is 0 Å². The minimum atomic E-state index is -0.422. The molecular formula is C16H21NO4. The maximum atomic E-state index is 12.1. The lowest BCUT2D eigenvalue weighted by molar-refractivity contribution is 0.0112. The second kappa shape index (κ2) is 7.22. The molecule has 1 saturated carbocycles. The van der Waals surface area contributed by atoms with Crippen LogP contribution in [0.3, 0.4) is 0 Å². The Morgan fingerprint density at radius 2 is 1.86 bits per heavy atom. The molecule has 114 valence electrons. The number of nitrogens with one attached hydrogen (secondary N) is 1. The van der Waals surface area contributed by atoms with Crippen LogP contribution in [0.1, 0.15) is 58.4 Å². The molecule has 0 bridgehead atoms. The van der Waals surface area contributed by atoms with Gasteiger partial charge in [0.25, 0.3) is 0 Å². The van der Waals surface area contributed by atoms with Crippen molar-refractivity contribution in [1.82, 2.24) is 5.48 Å². The van der Waals surface area contributed by atoms with E-state index in [0.29, 0.717) is 16.7 Å². The van der Waals surface area contributed by atoms with E-state index >= 15 is 0 Å². The van der Waals surface area contributed by atoms with Crippen LogP contribution in [0, 0.1) is 6.92 Å². The molecule has 0 spiro atoms.